The Bertz CT molecular complexity index is 509. The number of likely N-dealkylation sites (N-methyl/N-ethyl adjacent to an activating group) is 1. The Hall–Kier alpha value is -2.08. The van der Waals surface area contributed by atoms with Crippen molar-refractivity contribution >= 4 is 24.6 Å². The second-order valence-corrected chi connectivity index (χ2v) is 4.74. The molecule has 0 radical (unpaired) electrons. The van der Waals surface area contributed by atoms with Crippen molar-refractivity contribution in [1.29, 1.82) is 0 Å². The Balaban J connectivity index is 2.14. The van der Waals surface area contributed by atoms with Crippen LogP contribution in [0.3, 0.4) is 0 Å². The molecule has 5 nitrogen and oxygen atoms in total. The van der Waals surface area contributed by atoms with Gasteiger partial charge in [-0.25, -0.2) is 0 Å². The van der Waals surface area contributed by atoms with Gasteiger partial charge in [0.25, 0.3) is 0 Å². The normalized spacial score (nSPS) is 18.1. The van der Waals surface area contributed by atoms with E-state index < -0.39 is 19.1 Å². The summed E-state index contributed by atoms with van der Waals surface area (Å²) in [6, 6.07) is 9.62. The van der Waals surface area contributed by atoms with E-state index in [9.17, 15) is 9.59 Å². The second kappa shape index (κ2) is 6.39. The topological polar surface area (TPSA) is 55.8 Å². The highest BCUT2D eigenvalue weighted by Crippen LogP contribution is 2.14. The number of benzene rings is 1. The molecule has 1 fully saturated rings. The highest BCUT2D eigenvalue weighted by molar-refractivity contribution is 6.56. The van der Waals surface area contributed by atoms with Gasteiger partial charge < -0.3 is 9.31 Å². The van der Waals surface area contributed by atoms with Crippen LogP contribution in [0.2, 0.25) is 0 Å². The van der Waals surface area contributed by atoms with Crippen molar-refractivity contribution < 1.29 is 18.9 Å². The quantitative estimate of drug-likeness (QED) is 0.756. The molecule has 0 amide bonds. The fraction of sp³-hybridized carbons (Fsp3) is 0.286. The lowest BCUT2D eigenvalue weighted by Gasteiger charge is -2.21. The first-order chi connectivity index (χ1) is 9.54. The molecule has 1 saturated heterocycles. The molecule has 104 valence electrons. The van der Waals surface area contributed by atoms with Gasteiger partial charge in [-0.3, -0.25) is 14.5 Å². The first-order valence-electron chi connectivity index (χ1n) is 6.36. The predicted octanol–water partition coefficient (Wildman–Crippen LogP) is 1.15. The van der Waals surface area contributed by atoms with Crippen molar-refractivity contribution in [2.24, 2.45) is 0 Å². The lowest BCUT2D eigenvalue weighted by atomic mass is 9.85. The zero-order chi connectivity index (χ0) is 14.5. The zero-order valence-corrected chi connectivity index (χ0v) is 11.5. The van der Waals surface area contributed by atoms with E-state index in [1.807, 2.05) is 37.3 Å². The van der Waals surface area contributed by atoms with Crippen molar-refractivity contribution in [2.45, 2.75) is 6.92 Å². The van der Waals surface area contributed by atoms with E-state index in [4.69, 9.17) is 9.31 Å². The monoisotopic (exact) mass is 273 g/mol. The fourth-order valence-electron chi connectivity index (χ4n) is 1.92. The number of hydrogen-bond acceptors (Lipinski definition) is 5. The van der Waals surface area contributed by atoms with Gasteiger partial charge in [-0.05, 0) is 31.1 Å². The van der Waals surface area contributed by atoms with Gasteiger partial charge >= 0.3 is 19.1 Å². The van der Waals surface area contributed by atoms with Crippen LogP contribution in [0.25, 0.3) is 5.57 Å². The Morgan fingerprint density at radius 1 is 1.15 bits per heavy atom. The molecule has 0 spiro atoms. The highest BCUT2D eigenvalue weighted by atomic mass is 16.6. The van der Waals surface area contributed by atoms with E-state index >= 15 is 0 Å². The third kappa shape index (κ3) is 3.96. The van der Waals surface area contributed by atoms with Crippen molar-refractivity contribution in [1.82, 2.24) is 4.90 Å². The van der Waals surface area contributed by atoms with Gasteiger partial charge in [0.2, 0.25) is 0 Å². The molecule has 6 heteroatoms. The second-order valence-electron chi connectivity index (χ2n) is 4.74. The van der Waals surface area contributed by atoms with Crippen LogP contribution in [-0.4, -0.2) is 44.1 Å². The Kier molecular flexibility index (Phi) is 4.58. The van der Waals surface area contributed by atoms with Gasteiger partial charge in [-0.2, -0.15) is 0 Å². The maximum absolute atomic E-state index is 11.6. The predicted molar refractivity (Wildman–Crippen MR) is 75.5 cm³/mol. The largest absolute Gasteiger partial charge is 0.629 e. The number of nitrogens with zero attached hydrogens (tertiary/aromatic N) is 1. The first-order valence-corrected chi connectivity index (χ1v) is 6.36. The van der Waals surface area contributed by atoms with E-state index in [1.165, 1.54) is 0 Å². The Morgan fingerprint density at radius 2 is 1.70 bits per heavy atom. The van der Waals surface area contributed by atoms with E-state index in [2.05, 4.69) is 0 Å². The van der Waals surface area contributed by atoms with E-state index in [0.29, 0.717) is 0 Å². The maximum Gasteiger partial charge on any atom is 0.629 e. The molecule has 0 saturated carbocycles. The van der Waals surface area contributed by atoms with E-state index in [-0.39, 0.29) is 13.1 Å². The molecule has 1 heterocycles. The van der Waals surface area contributed by atoms with Crippen molar-refractivity contribution in [3.05, 3.63) is 41.9 Å². The Morgan fingerprint density at radius 3 is 2.25 bits per heavy atom. The maximum atomic E-state index is 11.6. The van der Waals surface area contributed by atoms with E-state index in [1.54, 1.807) is 17.9 Å². The van der Waals surface area contributed by atoms with Crippen LogP contribution in [0, 0.1) is 0 Å². The third-order valence-electron chi connectivity index (χ3n) is 2.91. The molecular formula is C14H16BNO4. The summed E-state index contributed by atoms with van der Waals surface area (Å²) in [5, 5.41) is 0. The number of rotatable bonds is 2. The summed E-state index contributed by atoms with van der Waals surface area (Å²) in [6.45, 7) is 2.02. The van der Waals surface area contributed by atoms with Gasteiger partial charge in [0.1, 0.15) is 0 Å². The molecule has 1 aliphatic heterocycles. The van der Waals surface area contributed by atoms with Crippen LogP contribution < -0.4 is 0 Å². The minimum absolute atomic E-state index is 0.0732. The van der Waals surface area contributed by atoms with Crippen molar-refractivity contribution in [3.63, 3.8) is 0 Å². The average Bonchev–Trinajstić information content (AvgIpc) is 2.37. The summed E-state index contributed by atoms with van der Waals surface area (Å²) >= 11 is 0. The number of carbonyl (C=O) groups excluding carboxylic acids is 2. The van der Waals surface area contributed by atoms with Crippen LogP contribution in [0.15, 0.2) is 36.3 Å². The molecule has 2 rings (SSSR count). The summed E-state index contributed by atoms with van der Waals surface area (Å²) < 4.78 is 10.2. The number of carbonyl (C=O) groups is 2. The van der Waals surface area contributed by atoms with Crippen LogP contribution in [0.1, 0.15) is 12.5 Å². The van der Waals surface area contributed by atoms with Crippen LogP contribution in [-0.2, 0) is 18.9 Å². The molecule has 1 aromatic rings. The highest BCUT2D eigenvalue weighted by Gasteiger charge is 2.29. The van der Waals surface area contributed by atoms with Crippen LogP contribution >= 0.6 is 0 Å². The van der Waals surface area contributed by atoms with Crippen molar-refractivity contribution in [2.75, 3.05) is 20.1 Å². The van der Waals surface area contributed by atoms with Gasteiger partial charge in [-0.1, -0.05) is 30.3 Å². The summed E-state index contributed by atoms with van der Waals surface area (Å²) in [6.07, 6.45) is 0. The molecular weight excluding hydrogens is 257 g/mol. The molecule has 0 bridgehead atoms. The number of hydrogen-bond donors (Lipinski definition) is 0. The molecule has 0 aliphatic carbocycles. The fourth-order valence-corrected chi connectivity index (χ4v) is 1.92. The van der Waals surface area contributed by atoms with Crippen molar-refractivity contribution in [3.8, 4) is 0 Å². The summed E-state index contributed by atoms with van der Waals surface area (Å²) in [5.41, 5.74) is 1.86. The van der Waals surface area contributed by atoms with Gasteiger partial charge in [-0.15, -0.1) is 0 Å². The molecule has 1 aromatic carbocycles. The van der Waals surface area contributed by atoms with Crippen LogP contribution in [0.4, 0.5) is 0 Å². The Labute approximate surface area is 118 Å². The minimum Gasteiger partial charge on any atom is -0.495 e. The summed E-state index contributed by atoms with van der Waals surface area (Å²) in [7, 11) is 0.692. The van der Waals surface area contributed by atoms with Gasteiger partial charge in [0.15, 0.2) is 0 Å². The molecule has 0 N–H and O–H groups in total. The smallest absolute Gasteiger partial charge is 0.495 e. The van der Waals surface area contributed by atoms with Crippen LogP contribution in [0.5, 0.6) is 0 Å². The molecule has 20 heavy (non-hydrogen) atoms. The summed E-state index contributed by atoms with van der Waals surface area (Å²) in [4.78, 5) is 24.7. The molecule has 0 atom stereocenters. The van der Waals surface area contributed by atoms with E-state index in [0.717, 1.165) is 11.1 Å². The molecule has 0 unspecified atom stereocenters. The zero-order valence-electron chi connectivity index (χ0n) is 11.5. The first kappa shape index (κ1) is 14.3. The van der Waals surface area contributed by atoms with Gasteiger partial charge in [0, 0.05) is 0 Å². The summed E-state index contributed by atoms with van der Waals surface area (Å²) in [5.74, 6) is 0.806. The average molecular weight is 273 g/mol. The molecule has 1 aliphatic rings. The molecule has 0 aromatic heterocycles. The minimum atomic E-state index is -0.969. The standard InChI is InChI=1S/C14H16BNO4/c1-11(12-6-4-3-5-7-12)8-15-19-13(17)9-16(2)10-14(18)20-15/h3-8H,9-10H2,1-2H3/b11-8+. The SMILES string of the molecule is C/C(=C\B1OC(=O)CN(C)CC(=O)O1)c1ccccc1. The van der Waals surface area contributed by atoms with Gasteiger partial charge in [0.05, 0.1) is 13.1 Å². The lowest BCUT2D eigenvalue weighted by Crippen LogP contribution is -2.41. The lowest BCUT2D eigenvalue weighted by molar-refractivity contribution is -0.145. The third-order valence-corrected chi connectivity index (χ3v) is 2.91. The number of allylic oxidation sites excluding steroid dienone is 1.